The van der Waals surface area contributed by atoms with Crippen LogP contribution in [0.15, 0.2) is 72.8 Å². The fourth-order valence-corrected chi connectivity index (χ4v) is 4.37. The molecule has 2 amide bonds. The molecule has 0 spiro atoms. The highest BCUT2D eigenvalue weighted by Crippen LogP contribution is 2.36. The highest BCUT2D eigenvalue weighted by atomic mass is 35.5. The second-order valence-corrected chi connectivity index (χ2v) is 8.65. The Hall–Kier alpha value is -3.32. The number of carbonyl (C=O) groups excluding carboxylic acids is 2. The molecule has 0 radical (unpaired) electrons. The molecule has 4 rings (SSSR count). The predicted octanol–water partition coefficient (Wildman–Crippen LogP) is 5.76. The maximum absolute atomic E-state index is 13.5. The minimum atomic E-state index is -4.53. The Balaban J connectivity index is 1.59. The molecule has 34 heavy (non-hydrogen) atoms. The number of amides is 2. The van der Waals surface area contributed by atoms with Crippen LogP contribution in [0.25, 0.3) is 0 Å². The number of halogens is 4. The topological polar surface area (TPSA) is 40.6 Å². The van der Waals surface area contributed by atoms with Crippen LogP contribution in [0.4, 0.5) is 13.2 Å². The lowest BCUT2D eigenvalue weighted by molar-refractivity contribution is -0.140. The zero-order chi connectivity index (χ0) is 24.5. The summed E-state index contributed by atoms with van der Waals surface area (Å²) in [6.07, 6.45) is -4.03. The summed E-state index contributed by atoms with van der Waals surface area (Å²) in [5.74, 6) is -0.710. The lowest BCUT2D eigenvalue weighted by atomic mass is 10.0. The molecular formula is C26H22ClF3N2O2. The fourth-order valence-electron chi connectivity index (χ4n) is 4.24. The number of alkyl halides is 3. The average molecular weight is 487 g/mol. The van der Waals surface area contributed by atoms with Gasteiger partial charge in [0.15, 0.2) is 0 Å². The van der Waals surface area contributed by atoms with Crippen LogP contribution in [-0.4, -0.2) is 35.2 Å². The van der Waals surface area contributed by atoms with Crippen molar-refractivity contribution >= 4 is 23.4 Å². The van der Waals surface area contributed by atoms with Crippen molar-refractivity contribution in [2.45, 2.75) is 25.2 Å². The number of carbonyl (C=O) groups is 2. The molecule has 8 heteroatoms. The lowest BCUT2D eigenvalue weighted by Crippen LogP contribution is -2.41. The van der Waals surface area contributed by atoms with Gasteiger partial charge >= 0.3 is 6.18 Å². The van der Waals surface area contributed by atoms with E-state index in [2.05, 4.69) is 0 Å². The maximum atomic E-state index is 13.5. The molecule has 0 aromatic heterocycles. The third-order valence-corrected chi connectivity index (χ3v) is 6.21. The Morgan fingerprint density at radius 2 is 1.65 bits per heavy atom. The summed E-state index contributed by atoms with van der Waals surface area (Å²) >= 11 is 5.94. The Kier molecular flexibility index (Phi) is 6.66. The summed E-state index contributed by atoms with van der Waals surface area (Å²) in [4.78, 5) is 29.4. The summed E-state index contributed by atoms with van der Waals surface area (Å²) in [6.45, 7) is 0.0466. The highest BCUT2D eigenvalue weighted by molar-refractivity contribution is 6.30. The summed E-state index contributed by atoms with van der Waals surface area (Å²) in [7, 11) is 1.46. The van der Waals surface area contributed by atoms with Crippen LogP contribution in [0.3, 0.4) is 0 Å². The number of benzene rings is 3. The first-order chi connectivity index (χ1) is 16.2. The van der Waals surface area contributed by atoms with E-state index < -0.39 is 23.7 Å². The summed E-state index contributed by atoms with van der Waals surface area (Å²) in [5, 5.41) is 0.599. The molecule has 1 aliphatic rings. The maximum Gasteiger partial charge on any atom is 0.416 e. The quantitative estimate of drug-likeness (QED) is 0.444. The molecule has 4 nitrogen and oxygen atoms in total. The van der Waals surface area contributed by atoms with Gasteiger partial charge in [-0.15, -0.1) is 0 Å². The molecule has 3 aromatic rings. The van der Waals surface area contributed by atoms with Crippen molar-refractivity contribution in [3.05, 3.63) is 106 Å². The molecular weight excluding hydrogens is 465 g/mol. The van der Waals surface area contributed by atoms with Crippen molar-refractivity contribution in [3.63, 3.8) is 0 Å². The normalized spacial score (nSPS) is 15.4. The summed E-state index contributed by atoms with van der Waals surface area (Å²) < 4.78 is 40.3. The number of fused-ring (bicyclic) bond motifs is 1. The molecule has 0 fully saturated rings. The van der Waals surface area contributed by atoms with E-state index in [-0.39, 0.29) is 24.6 Å². The molecule has 0 bridgehead atoms. The summed E-state index contributed by atoms with van der Waals surface area (Å²) in [6, 6.07) is 18.4. The number of likely N-dealkylation sites (N-methyl/N-ethyl adjacent to an activating group) is 1. The van der Waals surface area contributed by atoms with Gasteiger partial charge in [0, 0.05) is 30.7 Å². The second kappa shape index (κ2) is 9.50. The van der Waals surface area contributed by atoms with Crippen LogP contribution in [0.5, 0.6) is 0 Å². The van der Waals surface area contributed by atoms with Gasteiger partial charge in [-0.05, 0) is 47.4 Å². The first-order valence-electron chi connectivity index (χ1n) is 10.7. The molecule has 1 unspecified atom stereocenters. The van der Waals surface area contributed by atoms with Gasteiger partial charge in [0.1, 0.15) is 6.04 Å². The van der Waals surface area contributed by atoms with Gasteiger partial charge in [-0.25, -0.2) is 0 Å². The second-order valence-electron chi connectivity index (χ2n) is 8.21. The van der Waals surface area contributed by atoms with Crippen LogP contribution in [0.2, 0.25) is 5.02 Å². The smallest absolute Gasteiger partial charge is 0.339 e. The molecule has 3 aromatic carbocycles. The Labute approximate surface area is 200 Å². The zero-order valence-electron chi connectivity index (χ0n) is 18.3. The molecule has 1 heterocycles. The van der Waals surface area contributed by atoms with E-state index in [1.54, 1.807) is 36.4 Å². The Morgan fingerprint density at radius 1 is 1.00 bits per heavy atom. The third kappa shape index (κ3) is 4.80. The van der Waals surface area contributed by atoms with E-state index in [9.17, 15) is 22.8 Å². The average Bonchev–Trinajstić information content (AvgIpc) is 3.09. The Morgan fingerprint density at radius 3 is 2.35 bits per heavy atom. The van der Waals surface area contributed by atoms with Gasteiger partial charge in [-0.3, -0.25) is 9.59 Å². The van der Waals surface area contributed by atoms with Crippen molar-refractivity contribution in [1.82, 2.24) is 9.80 Å². The van der Waals surface area contributed by atoms with Crippen molar-refractivity contribution in [2.24, 2.45) is 0 Å². The van der Waals surface area contributed by atoms with Crippen LogP contribution in [-0.2, 0) is 23.9 Å². The molecule has 176 valence electrons. The van der Waals surface area contributed by atoms with Crippen molar-refractivity contribution < 1.29 is 22.8 Å². The first-order valence-corrected chi connectivity index (χ1v) is 11.1. The SMILES string of the molecule is CN(Cc1ccccc1C(F)(F)F)C(=O)C1c2ccccc2C(=O)N1CCc1ccc(Cl)cc1. The molecule has 0 N–H and O–H groups in total. The number of hydrogen-bond donors (Lipinski definition) is 0. The van der Waals surface area contributed by atoms with Crippen LogP contribution in [0.1, 0.15) is 38.7 Å². The lowest BCUT2D eigenvalue weighted by Gasteiger charge is -2.29. The van der Waals surface area contributed by atoms with Crippen molar-refractivity contribution in [2.75, 3.05) is 13.6 Å². The monoisotopic (exact) mass is 486 g/mol. The van der Waals surface area contributed by atoms with E-state index in [1.165, 1.54) is 35.0 Å². The van der Waals surface area contributed by atoms with Crippen molar-refractivity contribution in [3.8, 4) is 0 Å². The minimum absolute atomic E-state index is 0.00354. The molecule has 0 aliphatic carbocycles. The minimum Gasteiger partial charge on any atom is -0.339 e. The van der Waals surface area contributed by atoms with Crippen LogP contribution >= 0.6 is 11.6 Å². The molecule has 0 saturated heterocycles. The fraction of sp³-hybridized carbons (Fsp3) is 0.231. The van der Waals surface area contributed by atoms with Crippen molar-refractivity contribution in [1.29, 1.82) is 0 Å². The highest BCUT2D eigenvalue weighted by Gasteiger charge is 2.42. The van der Waals surface area contributed by atoms with Gasteiger partial charge in [0.2, 0.25) is 5.91 Å². The number of hydrogen-bond acceptors (Lipinski definition) is 2. The van der Waals surface area contributed by atoms with E-state index in [1.807, 2.05) is 12.1 Å². The summed E-state index contributed by atoms with van der Waals surface area (Å²) in [5.41, 5.74) is 1.16. The Bertz CT molecular complexity index is 1210. The van der Waals surface area contributed by atoms with Gasteiger partial charge in [-0.2, -0.15) is 13.2 Å². The molecule has 0 saturated carbocycles. The van der Waals surface area contributed by atoms with E-state index in [4.69, 9.17) is 11.6 Å². The molecule has 1 aliphatic heterocycles. The van der Waals surface area contributed by atoms with Gasteiger partial charge < -0.3 is 9.80 Å². The van der Waals surface area contributed by atoms with Gasteiger partial charge in [0.05, 0.1) is 5.56 Å². The van der Waals surface area contributed by atoms with Gasteiger partial charge in [0.25, 0.3) is 5.91 Å². The largest absolute Gasteiger partial charge is 0.416 e. The standard InChI is InChI=1S/C26H22ClF3N2O2/c1-31(16-18-6-2-5-9-22(18)26(28,29)30)25(34)23-20-7-3-4-8-21(20)24(33)32(23)15-14-17-10-12-19(27)13-11-17/h2-13,23H,14-16H2,1H3. The first kappa shape index (κ1) is 23.8. The number of rotatable bonds is 6. The van der Waals surface area contributed by atoms with Gasteiger partial charge in [-0.1, -0.05) is 60.1 Å². The predicted molar refractivity (Wildman–Crippen MR) is 123 cm³/mol. The van der Waals surface area contributed by atoms with E-state index in [0.717, 1.165) is 11.6 Å². The molecule has 1 atom stereocenters. The van der Waals surface area contributed by atoms with E-state index in [0.29, 0.717) is 22.6 Å². The van der Waals surface area contributed by atoms with Crippen LogP contribution in [0, 0.1) is 0 Å². The van der Waals surface area contributed by atoms with E-state index >= 15 is 0 Å². The number of nitrogens with zero attached hydrogens (tertiary/aromatic N) is 2. The zero-order valence-corrected chi connectivity index (χ0v) is 19.1. The third-order valence-electron chi connectivity index (χ3n) is 5.95. The van der Waals surface area contributed by atoms with Crippen LogP contribution < -0.4 is 0 Å².